The van der Waals surface area contributed by atoms with Crippen molar-refractivity contribution in [2.24, 2.45) is 7.05 Å². The lowest BCUT2D eigenvalue weighted by Gasteiger charge is -2.20. The lowest BCUT2D eigenvalue weighted by molar-refractivity contribution is -0.117. The van der Waals surface area contributed by atoms with Crippen LogP contribution in [0.2, 0.25) is 0 Å². The number of nitrogens with one attached hydrogen (secondary N) is 2. The van der Waals surface area contributed by atoms with Crippen molar-refractivity contribution in [2.45, 2.75) is 25.8 Å². The summed E-state index contributed by atoms with van der Waals surface area (Å²) in [5.74, 6) is -0.0845. The van der Waals surface area contributed by atoms with E-state index in [1.54, 1.807) is 27.7 Å². The highest BCUT2D eigenvalue weighted by Gasteiger charge is 2.23. The summed E-state index contributed by atoms with van der Waals surface area (Å²) in [6, 6.07) is 2.16. The fourth-order valence-corrected chi connectivity index (χ4v) is 5.58. The molecule has 0 aromatic carbocycles. The van der Waals surface area contributed by atoms with E-state index in [0.717, 1.165) is 34.7 Å². The Morgan fingerprint density at radius 2 is 2.18 bits per heavy atom. The zero-order valence-electron chi connectivity index (χ0n) is 18.2. The Balaban J connectivity index is 1.35. The van der Waals surface area contributed by atoms with Crippen LogP contribution >= 0.6 is 11.3 Å². The van der Waals surface area contributed by atoms with Crippen LogP contribution < -0.4 is 10.9 Å². The molecule has 1 saturated heterocycles. The Bertz CT molecular complexity index is 1590. The SMILES string of the molecule is C[C@H]1CCCN1CC(=O)Nc1cnc2c(c1)[nH]c(=O)c1c2nn2cc(-c3cnn(C)c3)sc12. The number of likely N-dealkylation sites (tertiary alicyclic amines) is 1. The number of amides is 1. The van der Waals surface area contributed by atoms with Gasteiger partial charge in [0.15, 0.2) is 0 Å². The van der Waals surface area contributed by atoms with Crippen LogP contribution in [0.4, 0.5) is 5.69 Å². The largest absolute Gasteiger partial charge is 0.324 e. The summed E-state index contributed by atoms with van der Waals surface area (Å²) in [5.41, 5.74) is 2.96. The zero-order valence-corrected chi connectivity index (χ0v) is 19.0. The molecule has 1 aliphatic heterocycles. The number of carbonyl (C=O) groups is 1. The van der Waals surface area contributed by atoms with Crippen molar-refractivity contribution in [1.29, 1.82) is 0 Å². The van der Waals surface area contributed by atoms with Gasteiger partial charge in [0, 0.05) is 31.0 Å². The summed E-state index contributed by atoms with van der Waals surface area (Å²) in [4.78, 5) is 36.8. The van der Waals surface area contributed by atoms with Crippen molar-refractivity contribution < 1.29 is 4.79 Å². The van der Waals surface area contributed by atoms with Crippen molar-refractivity contribution >= 4 is 49.7 Å². The van der Waals surface area contributed by atoms with Crippen molar-refractivity contribution in [3.63, 3.8) is 0 Å². The summed E-state index contributed by atoms with van der Waals surface area (Å²) in [5, 5.41) is 12.3. The van der Waals surface area contributed by atoms with Gasteiger partial charge in [-0.2, -0.15) is 10.2 Å². The number of aromatic nitrogens is 6. The first-order chi connectivity index (χ1) is 16.0. The molecule has 11 heteroatoms. The molecule has 1 amide bonds. The molecule has 1 atom stereocenters. The van der Waals surface area contributed by atoms with E-state index in [1.807, 2.05) is 19.4 Å². The van der Waals surface area contributed by atoms with Crippen LogP contribution in [0.15, 0.2) is 35.6 Å². The van der Waals surface area contributed by atoms with Crippen LogP contribution in [0.1, 0.15) is 19.8 Å². The molecule has 6 heterocycles. The number of hydrogen-bond acceptors (Lipinski definition) is 7. The molecule has 0 saturated carbocycles. The number of pyridine rings is 2. The van der Waals surface area contributed by atoms with Gasteiger partial charge in [0.1, 0.15) is 21.3 Å². The van der Waals surface area contributed by atoms with Crippen LogP contribution in [0.5, 0.6) is 0 Å². The minimum absolute atomic E-state index is 0.0845. The van der Waals surface area contributed by atoms with E-state index in [-0.39, 0.29) is 11.5 Å². The topological polar surface area (TPSA) is 113 Å². The molecular weight excluding hydrogens is 440 g/mol. The molecule has 0 unspecified atom stereocenters. The van der Waals surface area contributed by atoms with Gasteiger partial charge in [-0.25, -0.2) is 4.52 Å². The second-order valence-electron chi connectivity index (χ2n) is 8.56. The van der Waals surface area contributed by atoms with E-state index >= 15 is 0 Å². The molecule has 10 nitrogen and oxygen atoms in total. The quantitative estimate of drug-likeness (QED) is 0.425. The molecule has 168 valence electrons. The molecule has 33 heavy (non-hydrogen) atoms. The van der Waals surface area contributed by atoms with Gasteiger partial charge in [-0.15, -0.1) is 11.3 Å². The molecular formula is C22H22N8O2S. The van der Waals surface area contributed by atoms with Gasteiger partial charge < -0.3 is 10.3 Å². The van der Waals surface area contributed by atoms with E-state index in [9.17, 15) is 9.59 Å². The Kier molecular flexibility index (Phi) is 4.56. The third kappa shape index (κ3) is 3.40. The molecule has 0 radical (unpaired) electrons. The van der Waals surface area contributed by atoms with Crippen molar-refractivity contribution in [3.05, 3.63) is 41.2 Å². The van der Waals surface area contributed by atoms with Gasteiger partial charge in [-0.3, -0.25) is 24.2 Å². The monoisotopic (exact) mass is 462 g/mol. The predicted octanol–water partition coefficient (Wildman–Crippen LogP) is 2.61. The fraction of sp³-hybridized carbons (Fsp3) is 0.318. The number of anilines is 1. The van der Waals surface area contributed by atoms with Crippen LogP contribution in [0.25, 0.3) is 37.2 Å². The van der Waals surface area contributed by atoms with Crippen molar-refractivity contribution in [3.8, 4) is 10.4 Å². The average Bonchev–Trinajstić information content (AvgIpc) is 3.53. The van der Waals surface area contributed by atoms with Gasteiger partial charge in [0.25, 0.3) is 5.56 Å². The summed E-state index contributed by atoms with van der Waals surface area (Å²) in [6.45, 7) is 3.43. The summed E-state index contributed by atoms with van der Waals surface area (Å²) < 4.78 is 3.46. The molecule has 5 aromatic rings. The third-order valence-electron chi connectivity index (χ3n) is 6.21. The first kappa shape index (κ1) is 20.1. The van der Waals surface area contributed by atoms with E-state index in [4.69, 9.17) is 0 Å². The first-order valence-electron chi connectivity index (χ1n) is 10.8. The smallest absolute Gasteiger partial charge is 0.261 e. The van der Waals surface area contributed by atoms with Gasteiger partial charge >= 0.3 is 0 Å². The number of hydrogen-bond donors (Lipinski definition) is 2. The maximum Gasteiger partial charge on any atom is 0.261 e. The maximum absolute atomic E-state index is 13.0. The molecule has 0 spiro atoms. The summed E-state index contributed by atoms with van der Waals surface area (Å²) in [7, 11) is 1.86. The summed E-state index contributed by atoms with van der Waals surface area (Å²) in [6.07, 6.45) is 9.46. The van der Waals surface area contributed by atoms with Crippen LogP contribution in [-0.4, -0.2) is 59.3 Å². The number of carbonyl (C=O) groups excluding carboxylic acids is 1. The summed E-state index contributed by atoms with van der Waals surface area (Å²) >= 11 is 1.49. The molecule has 5 aromatic heterocycles. The van der Waals surface area contributed by atoms with Crippen LogP contribution in [0.3, 0.4) is 0 Å². The lowest BCUT2D eigenvalue weighted by Crippen LogP contribution is -2.35. The second-order valence-corrected chi connectivity index (χ2v) is 9.59. The number of aromatic amines is 1. The maximum atomic E-state index is 13.0. The number of rotatable bonds is 4. The number of aryl methyl sites for hydroxylation is 1. The Morgan fingerprint density at radius 1 is 1.30 bits per heavy atom. The minimum atomic E-state index is -0.233. The van der Waals surface area contributed by atoms with E-state index < -0.39 is 0 Å². The Labute approximate surface area is 191 Å². The molecule has 2 N–H and O–H groups in total. The third-order valence-corrected chi connectivity index (χ3v) is 7.36. The van der Waals surface area contributed by atoms with Gasteiger partial charge in [-0.05, 0) is 32.4 Å². The second kappa shape index (κ2) is 7.49. The minimum Gasteiger partial charge on any atom is -0.324 e. The standard InChI is InChI=1S/C22H22N8O2S/c1-12-4-3-5-29(12)11-17(31)25-14-6-15-19(23-8-14)20-18(21(32)26-15)22-30(27-20)10-16(33-22)13-7-24-28(2)9-13/h6-10,12H,3-5,11H2,1-2H3,(H,25,31)(H,26,32)/t12-/m0/s1. The van der Waals surface area contributed by atoms with Crippen molar-refractivity contribution in [2.75, 3.05) is 18.4 Å². The lowest BCUT2D eigenvalue weighted by atomic mass is 10.2. The highest BCUT2D eigenvalue weighted by Crippen LogP contribution is 2.33. The van der Waals surface area contributed by atoms with Gasteiger partial charge in [0.2, 0.25) is 5.91 Å². The Morgan fingerprint density at radius 3 is 2.94 bits per heavy atom. The van der Waals surface area contributed by atoms with Gasteiger partial charge in [0.05, 0.1) is 35.0 Å². The number of H-pyrrole nitrogens is 1. The average molecular weight is 463 g/mol. The highest BCUT2D eigenvalue weighted by atomic mass is 32.1. The van der Waals surface area contributed by atoms with E-state index in [2.05, 4.69) is 37.3 Å². The van der Waals surface area contributed by atoms with Gasteiger partial charge in [-0.1, -0.05) is 0 Å². The van der Waals surface area contributed by atoms with E-state index in [0.29, 0.717) is 40.2 Å². The molecule has 0 aliphatic carbocycles. The first-order valence-corrected chi connectivity index (χ1v) is 11.6. The number of fused-ring (bicyclic) bond motifs is 5. The van der Waals surface area contributed by atoms with E-state index in [1.165, 1.54) is 11.3 Å². The number of nitrogens with zero attached hydrogens (tertiary/aromatic N) is 6. The predicted molar refractivity (Wildman–Crippen MR) is 128 cm³/mol. The molecule has 1 aliphatic rings. The van der Waals surface area contributed by atoms with Crippen LogP contribution in [0, 0.1) is 0 Å². The normalized spacial score (nSPS) is 17.0. The van der Waals surface area contributed by atoms with Crippen LogP contribution in [-0.2, 0) is 11.8 Å². The fourth-order valence-electron chi connectivity index (χ4n) is 4.51. The zero-order chi connectivity index (χ0) is 22.7. The molecule has 0 bridgehead atoms. The molecule has 1 fully saturated rings. The molecule has 6 rings (SSSR count). The number of thiazole rings is 1. The van der Waals surface area contributed by atoms with Crippen molar-refractivity contribution in [1.82, 2.24) is 34.3 Å². The Hall–Kier alpha value is -3.57. The highest BCUT2D eigenvalue weighted by molar-refractivity contribution is 7.21.